The summed E-state index contributed by atoms with van der Waals surface area (Å²) in [7, 11) is -0.569. The number of carbonyl (C=O) groups is 2. The van der Waals surface area contributed by atoms with Gasteiger partial charge in [-0.1, -0.05) is 43.3 Å². The molecule has 12 heteroatoms. The Morgan fingerprint density at radius 2 is 1.77 bits per heavy atom. The quantitative estimate of drug-likeness (QED) is 0.179. The van der Waals surface area contributed by atoms with Crippen molar-refractivity contribution in [1.82, 2.24) is 9.47 Å². The van der Waals surface area contributed by atoms with E-state index in [9.17, 15) is 19.5 Å². The normalized spacial score (nSPS) is 23.9. The van der Waals surface area contributed by atoms with E-state index in [0.29, 0.717) is 35.7 Å². The largest absolute Gasteiger partial charge is 0.497 e. The molecule has 0 bridgehead atoms. The monoisotopic (exact) mass is 725 g/mol. The highest BCUT2D eigenvalue weighted by Crippen LogP contribution is 2.60. The fourth-order valence-electron chi connectivity index (χ4n) is 8.66. The molecule has 1 saturated heterocycles. The van der Waals surface area contributed by atoms with Gasteiger partial charge in [-0.15, -0.1) is 0 Å². The van der Waals surface area contributed by atoms with Crippen LogP contribution in [0, 0.1) is 5.92 Å². The van der Waals surface area contributed by atoms with Crippen molar-refractivity contribution in [3.05, 3.63) is 118 Å². The smallest absolute Gasteiger partial charge is 0.297 e. The van der Waals surface area contributed by atoms with Crippen molar-refractivity contribution >= 4 is 25.9 Å². The summed E-state index contributed by atoms with van der Waals surface area (Å²) in [6.07, 6.45) is 1.17. The van der Waals surface area contributed by atoms with Crippen LogP contribution < -0.4 is 19.9 Å². The zero-order chi connectivity index (χ0) is 36.9. The number of benzene rings is 3. The molecule has 1 spiro atoms. The van der Waals surface area contributed by atoms with E-state index in [4.69, 9.17) is 14.2 Å². The van der Waals surface area contributed by atoms with Crippen molar-refractivity contribution in [2.45, 2.75) is 69.2 Å². The summed E-state index contributed by atoms with van der Waals surface area (Å²) >= 11 is 0. The van der Waals surface area contributed by atoms with E-state index < -0.39 is 37.6 Å². The number of nitrogens with zero attached hydrogens (tertiary/aromatic N) is 3. The molecule has 0 unspecified atom stereocenters. The van der Waals surface area contributed by atoms with Gasteiger partial charge in [0.25, 0.3) is 11.5 Å². The first kappa shape index (κ1) is 35.6. The van der Waals surface area contributed by atoms with Crippen molar-refractivity contribution in [1.29, 1.82) is 0 Å². The lowest BCUT2D eigenvalue weighted by molar-refractivity contribution is -0.151. The lowest BCUT2D eigenvalue weighted by Crippen LogP contribution is -2.48. The van der Waals surface area contributed by atoms with Crippen LogP contribution in [0.1, 0.15) is 35.6 Å². The van der Waals surface area contributed by atoms with Gasteiger partial charge < -0.3 is 33.2 Å². The molecule has 0 radical (unpaired) electrons. The second-order valence-electron chi connectivity index (χ2n) is 14.5. The fourth-order valence-corrected chi connectivity index (χ4v) is 11.2. The average Bonchev–Trinajstić information content (AvgIpc) is 3.56. The summed E-state index contributed by atoms with van der Waals surface area (Å²) in [5.74, 6) is -0.473. The maximum Gasteiger partial charge on any atom is 0.297 e. The molecule has 4 aromatic rings. The number of halogens is 1. The Morgan fingerprint density at radius 1 is 1.00 bits per heavy atom. The molecule has 3 aliphatic heterocycles. The Labute approximate surface area is 303 Å². The topological polar surface area (TPSA) is 111 Å². The van der Waals surface area contributed by atoms with Crippen LogP contribution in [0.4, 0.5) is 9.80 Å². The van der Waals surface area contributed by atoms with E-state index in [0.717, 1.165) is 16.7 Å². The molecule has 1 aromatic heterocycles. The molecule has 4 heterocycles. The summed E-state index contributed by atoms with van der Waals surface area (Å²) < 4.78 is 35.8. The fraction of sp³-hybridized carbons (Fsp3) is 0.375. The molecule has 3 aliphatic rings. The molecule has 2 amide bonds. The molecule has 272 valence electrons. The predicted octanol–water partition coefficient (Wildman–Crippen LogP) is 5.51. The van der Waals surface area contributed by atoms with E-state index in [-0.39, 0.29) is 42.7 Å². The van der Waals surface area contributed by atoms with Gasteiger partial charge in [0.05, 0.1) is 51.6 Å². The SMILES string of the molecule is COc1ccc2c(c1)[C@]1(O[C@@H](CC(=O)N3Cc4ccccc4C[C@H]3CO)[C@H]([Si](C)(C)F)[C@H]1C)C(=O)N2Cc1cccc(-n2cccc(OC)c2=O)c1. The molecule has 10 nitrogen and oxygen atoms in total. The summed E-state index contributed by atoms with van der Waals surface area (Å²) in [4.78, 5) is 45.5. The summed E-state index contributed by atoms with van der Waals surface area (Å²) in [6.45, 7) is 5.36. The minimum Gasteiger partial charge on any atom is -0.497 e. The highest BCUT2D eigenvalue weighted by Gasteiger charge is 2.67. The average molecular weight is 726 g/mol. The first-order chi connectivity index (χ1) is 24.9. The molecular weight excluding hydrogens is 682 g/mol. The summed E-state index contributed by atoms with van der Waals surface area (Å²) in [5.41, 5.74) is 2.08. The Bertz CT molecular complexity index is 2080. The molecule has 0 saturated carbocycles. The van der Waals surface area contributed by atoms with Gasteiger partial charge in [0, 0.05) is 35.5 Å². The molecule has 0 aliphatic carbocycles. The number of hydrogen-bond acceptors (Lipinski definition) is 7. The number of methoxy groups -OCH3 is 2. The van der Waals surface area contributed by atoms with E-state index in [1.54, 1.807) is 66.5 Å². The van der Waals surface area contributed by atoms with Crippen LogP contribution in [0.5, 0.6) is 11.5 Å². The van der Waals surface area contributed by atoms with Crippen LogP contribution >= 0.6 is 0 Å². The van der Waals surface area contributed by atoms with Gasteiger partial charge in [-0.05, 0) is 78.7 Å². The van der Waals surface area contributed by atoms with Crippen molar-refractivity contribution in [2.24, 2.45) is 5.92 Å². The van der Waals surface area contributed by atoms with Gasteiger partial charge in [-0.2, -0.15) is 0 Å². The van der Waals surface area contributed by atoms with E-state index in [2.05, 4.69) is 0 Å². The molecule has 1 fully saturated rings. The number of amides is 2. The lowest BCUT2D eigenvalue weighted by atomic mass is 9.82. The number of hydrogen-bond donors (Lipinski definition) is 1. The van der Waals surface area contributed by atoms with Crippen LogP contribution in [0.15, 0.2) is 89.9 Å². The number of rotatable bonds is 9. The summed E-state index contributed by atoms with van der Waals surface area (Å²) in [6, 6.07) is 23.5. The zero-order valence-corrected chi connectivity index (χ0v) is 31.0. The minimum atomic E-state index is -3.56. The number of fused-ring (bicyclic) bond motifs is 3. The predicted molar refractivity (Wildman–Crippen MR) is 197 cm³/mol. The first-order valence-electron chi connectivity index (χ1n) is 17.6. The van der Waals surface area contributed by atoms with Crippen molar-refractivity contribution in [3.8, 4) is 17.2 Å². The van der Waals surface area contributed by atoms with Crippen LogP contribution in [0.3, 0.4) is 0 Å². The van der Waals surface area contributed by atoms with Crippen LogP contribution in [0.2, 0.25) is 18.6 Å². The highest BCUT2D eigenvalue weighted by atomic mass is 28.4. The number of carbonyl (C=O) groups excluding carboxylic acids is 2. The third kappa shape index (κ3) is 5.92. The second kappa shape index (κ2) is 13.6. The Hall–Kier alpha value is -4.78. The van der Waals surface area contributed by atoms with Crippen molar-refractivity contribution in [2.75, 3.05) is 25.7 Å². The van der Waals surface area contributed by atoms with Crippen molar-refractivity contribution in [3.63, 3.8) is 0 Å². The third-order valence-electron chi connectivity index (χ3n) is 11.1. The molecule has 1 N–H and O–H groups in total. The van der Waals surface area contributed by atoms with Gasteiger partial charge in [-0.25, -0.2) is 0 Å². The van der Waals surface area contributed by atoms with Crippen molar-refractivity contribution < 1.29 is 33.0 Å². The molecule has 7 rings (SSSR count). The highest BCUT2D eigenvalue weighted by molar-refractivity contribution is 6.72. The Morgan fingerprint density at radius 3 is 2.48 bits per heavy atom. The van der Waals surface area contributed by atoms with Crippen LogP contribution in [0.25, 0.3) is 5.69 Å². The van der Waals surface area contributed by atoms with Gasteiger partial charge in [0.15, 0.2) is 11.4 Å². The molecule has 3 aromatic carbocycles. The van der Waals surface area contributed by atoms with Gasteiger partial charge in [0.1, 0.15) is 5.75 Å². The van der Waals surface area contributed by atoms with E-state index in [1.807, 2.05) is 55.5 Å². The third-order valence-corrected chi connectivity index (χ3v) is 13.5. The van der Waals surface area contributed by atoms with Gasteiger partial charge >= 0.3 is 0 Å². The van der Waals surface area contributed by atoms with Crippen LogP contribution in [-0.4, -0.2) is 67.8 Å². The number of aromatic nitrogens is 1. The first-order valence-corrected chi connectivity index (χ1v) is 20.6. The molecular formula is C40H44FN3O7Si. The Balaban J connectivity index is 1.24. The maximum absolute atomic E-state index is 16.6. The number of aliphatic hydroxyl groups is 1. The zero-order valence-electron chi connectivity index (χ0n) is 30.0. The van der Waals surface area contributed by atoms with E-state index in [1.165, 1.54) is 11.7 Å². The Kier molecular flexibility index (Phi) is 9.34. The van der Waals surface area contributed by atoms with Gasteiger partial charge in [0.2, 0.25) is 14.3 Å². The number of anilines is 1. The standard InChI is InChI=1S/C40H44FN3O7Si/c1-25-37(52(4,5)41)35(21-36(46)43-23-28-12-7-6-11-27(28)19-30(43)24-45)51-40(25)32-20-31(49-2)15-16-33(32)44(39(40)48)22-26-10-8-13-29(18-26)42-17-9-14-34(50-3)38(42)47/h6-18,20,25,30,35,37,45H,19,21-24H2,1-5H3/t25-,30+,35+,37-,40+/m1/s1. The number of ether oxygens (including phenoxy) is 3. The lowest BCUT2D eigenvalue weighted by Gasteiger charge is -2.37. The number of aliphatic hydroxyl groups excluding tert-OH is 1. The van der Waals surface area contributed by atoms with E-state index >= 15 is 4.11 Å². The number of pyridine rings is 1. The summed E-state index contributed by atoms with van der Waals surface area (Å²) in [5, 5.41) is 10.3. The molecule has 5 atom stereocenters. The van der Waals surface area contributed by atoms with Crippen LogP contribution in [-0.2, 0) is 39.4 Å². The minimum absolute atomic E-state index is 0.125. The maximum atomic E-state index is 16.6. The van der Waals surface area contributed by atoms with Gasteiger partial charge in [-0.3, -0.25) is 19.0 Å². The second-order valence-corrected chi connectivity index (χ2v) is 18.3. The molecule has 52 heavy (non-hydrogen) atoms.